The maximum atomic E-state index is 13.3. The second-order valence-corrected chi connectivity index (χ2v) is 9.25. The number of carbonyl (C=O) groups excluding carboxylic acids is 3. The molecule has 1 N–H and O–H groups in total. The van der Waals surface area contributed by atoms with Crippen molar-refractivity contribution in [2.75, 3.05) is 31.6 Å². The topological polar surface area (TPSA) is 79.0 Å². The van der Waals surface area contributed by atoms with Gasteiger partial charge in [0.1, 0.15) is 0 Å². The summed E-state index contributed by atoms with van der Waals surface area (Å²) in [5, 5.41) is 3.43. The number of anilines is 1. The third-order valence-corrected chi connectivity index (χ3v) is 7.06. The second kappa shape index (κ2) is 12.8. The Balaban J connectivity index is 1.67. The Morgan fingerprint density at radius 1 is 1.09 bits per heavy atom. The molecule has 188 valence electrons. The lowest BCUT2D eigenvalue weighted by molar-refractivity contribution is -0.151. The summed E-state index contributed by atoms with van der Waals surface area (Å²) < 4.78 is 5.10. The van der Waals surface area contributed by atoms with Gasteiger partial charge < -0.3 is 19.9 Å². The summed E-state index contributed by atoms with van der Waals surface area (Å²) in [5.41, 5.74) is 1.35. The fourth-order valence-electron chi connectivity index (χ4n) is 4.17. The van der Waals surface area contributed by atoms with Gasteiger partial charge in [0.05, 0.1) is 34.3 Å². The van der Waals surface area contributed by atoms with Crippen molar-refractivity contribution in [2.24, 2.45) is 5.92 Å². The standard InChI is InChI=1S/C26H31Cl2N3O4/c1-3-35-25(33)20-12-15-30(16-13-20)23(32)14-17-31(18(2)19-8-5-4-6-9-19)26(34)29-22-11-7-10-21(27)24(22)28/h4-11,18,20H,3,12-17H2,1-2H3,(H,29,34). The first-order chi connectivity index (χ1) is 16.8. The molecule has 0 saturated carbocycles. The third kappa shape index (κ3) is 7.12. The smallest absolute Gasteiger partial charge is 0.322 e. The van der Waals surface area contributed by atoms with Crippen molar-refractivity contribution in [1.29, 1.82) is 0 Å². The molecule has 3 amide bonds. The van der Waals surface area contributed by atoms with Gasteiger partial charge in [-0.15, -0.1) is 0 Å². The van der Waals surface area contributed by atoms with E-state index >= 15 is 0 Å². The number of hydrogen-bond donors (Lipinski definition) is 1. The van der Waals surface area contributed by atoms with E-state index in [-0.39, 0.29) is 47.9 Å². The lowest BCUT2D eigenvalue weighted by atomic mass is 9.97. The monoisotopic (exact) mass is 519 g/mol. The molecule has 0 aliphatic carbocycles. The van der Waals surface area contributed by atoms with Gasteiger partial charge >= 0.3 is 12.0 Å². The molecule has 35 heavy (non-hydrogen) atoms. The van der Waals surface area contributed by atoms with Crippen LogP contribution in [-0.4, -0.2) is 53.9 Å². The highest BCUT2D eigenvalue weighted by atomic mass is 35.5. The number of amides is 3. The van der Waals surface area contributed by atoms with Gasteiger partial charge in [0.15, 0.2) is 0 Å². The molecule has 1 heterocycles. The zero-order valence-electron chi connectivity index (χ0n) is 20.0. The summed E-state index contributed by atoms with van der Waals surface area (Å²) in [5.74, 6) is -0.410. The number of nitrogens with zero attached hydrogens (tertiary/aromatic N) is 2. The molecule has 1 atom stereocenters. The van der Waals surface area contributed by atoms with Gasteiger partial charge in [-0.05, 0) is 44.4 Å². The van der Waals surface area contributed by atoms with Crippen LogP contribution in [0.1, 0.15) is 44.7 Å². The highest BCUT2D eigenvalue weighted by Crippen LogP contribution is 2.30. The molecule has 3 rings (SSSR count). The average molecular weight is 520 g/mol. The van der Waals surface area contributed by atoms with Crippen LogP contribution in [0.2, 0.25) is 10.0 Å². The van der Waals surface area contributed by atoms with E-state index in [2.05, 4.69) is 5.32 Å². The Kier molecular flexibility index (Phi) is 9.81. The molecule has 1 aliphatic heterocycles. The minimum atomic E-state index is -0.376. The van der Waals surface area contributed by atoms with Crippen LogP contribution in [-0.2, 0) is 14.3 Å². The number of benzene rings is 2. The molecule has 2 aromatic rings. The molecule has 1 saturated heterocycles. The van der Waals surface area contributed by atoms with Crippen molar-refractivity contribution < 1.29 is 19.1 Å². The van der Waals surface area contributed by atoms with E-state index in [1.807, 2.05) is 37.3 Å². The SMILES string of the molecule is CCOC(=O)C1CCN(C(=O)CCN(C(=O)Nc2cccc(Cl)c2Cl)C(C)c2ccccc2)CC1. The van der Waals surface area contributed by atoms with Crippen LogP contribution in [0, 0.1) is 5.92 Å². The van der Waals surface area contributed by atoms with Crippen molar-refractivity contribution in [1.82, 2.24) is 9.80 Å². The fourth-order valence-corrected chi connectivity index (χ4v) is 4.52. The normalized spacial score (nSPS) is 14.8. The van der Waals surface area contributed by atoms with Crippen molar-refractivity contribution in [3.8, 4) is 0 Å². The molecular weight excluding hydrogens is 489 g/mol. The molecule has 0 radical (unpaired) electrons. The van der Waals surface area contributed by atoms with Gasteiger partial charge in [-0.25, -0.2) is 4.79 Å². The predicted molar refractivity (Wildman–Crippen MR) is 138 cm³/mol. The highest BCUT2D eigenvalue weighted by Gasteiger charge is 2.29. The Morgan fingerprint density at radius 2 is 1.77 bits per heavy atom. The van der Waals surface area contributed by atoms with Crippen LogP contribution in [0.15, 0.2) is 48.5 Å². The number of hydrogen-bond acceptors (Lipinski definition) is 4. The Labute approximate surface area is 216 Å². The Bertz CT molecular complexity index is 1030. The van der Waals surface area contributed by atoms with Crippen LogP contribution >= 0.6 is 23.2 Å². The zero-order chi connectivity index (χ0) is 25.4. The number of esters is 1. The first-order valence-corrected chi connectivity index (χ1v) is 12.6. The van der Waals surface area contributed by atoms with Crippen molar-refractivity contribution in [2.45, 2.75) is 39.2 Å². The molecule has 9 heteroatoms. The zero-order valence-corrected chi connectivity index (χ0v) is 21.5. The third-order valence-electron chi connectivity index (χ3n) is 6.24. The lowest BCUT2D eigenvalue weighted by Gasteiger charge is -2.33. The molecule has 1 aliphatic rings. The summed E-state index contributed by atoms with van der Waals surface area (Å²) in [7, 11) is 0. The average Bonchev–Trinajstić information content (AvgIpc) is 2.87. The number of ether oxygens (including phenoxy) is 1. The van der Waals surface area contributed by atoms with Crippen molar-refractivity contribution in [3.63, 3.8) is 0 Å². The largest absolute Gasteiger partial charge is 0.466 e. The van der Waals surface area contributed by atoms with Crippen LogP contribution in [0.4, 0.5) is 10.5 Å². The van der Waals surface area contributed by atoms with E-state index in [9.17, 15) is 14.4 Å². The maximum Gasteiger partial charge on any atom is 0.322 e. The van der Waals surface area contributed by atoms with Gasteiger partial charge in [0.2, 0.25) is 5.91 Å². The van der Waals surface area contributed by atoms with Crippen LogP contribution in [0.3, 0.4) is 0 Å². The number of rotatable bonds is 8. The molecule has 1 fully saturated rings. The minimum Gasteiger partial charge on any atom is -0.466 e. The van der Waals surface area contributed by atoms with E-state index in [1.165, 1.54) is 0 Å². The molecule has 7 nitrogen and oxygen atoms in total. The van der Waals surface area contributed by atoms with E-state index in [0.717, 1.165) is 5.56 Å². The number of halogens is 2. The predicted octanol–water partition coefficient (Wildman–Crippen LogP) is 5.78. The van der Waals surface area contributed by atoms with E-state index in [1.54, 1.807) is 34.9 Å². The maximum absolute atomic E-state index is 13.3. The van der Waals surface area contributed by atoms with Gasteiger partial charge in [-0.2, -0.15) is 0 Å². The molecule has 0 bridgehead atoms. The number of nitrogens with one attached hydrogen (secondary N) is 1. The molecule has 0 aromatic heterocycles. The van der Waals surface area contributed by atoms with E-state index in [4.69, 9.17) is 27.9 Å². The van der Waals surface area contributed by atoms with Crippen LogP contribution in [0.5, 0.6) is 0 Å². The van der Waals surface area contributed by atoms with Crippen LogP contribution in [0.25, 0.3) is 0 Å². The van der Waals surface area contributed by atoms with E-state index in [0.29, 0.717) is 43.2 Å². The Hall–Kier alpha value is -2.77. The summed E-state index contributed by atoms with van der Waals surface area (Å²) in [6.07, 6.45) is 1.34. The van der Waals surface area contributed by atoms with Crippen LogP contribution < -0.4 is 5.32 Å². The summed E-state index contributed by atoms with van der Waals surface area (Å²) >= 11 is 12.4. The second-order valence-electron chi connectivity index (χ2n) is 8.47. The van der Waals surface area contributed by atoms with Gasteiger partial charge in [-0.3, -0.25) is 9.59 Å². The molecule has 1 unspecified atom stereocenters. The minimum absolute atomic E-state index is 0.0499. The number of carbonyl (C=O) groups is 3. The first kappa shape index (κ1) is 26.8. The van der Waals surface area contributed by atoms with E-state index < -0.39 is 0 Å². The number of likely N-dealkylation sites (tertiary alicyclic amines) is 1. The summed E-state index contributed by atoms with van der Waals surface area (Å²) in [6.45, 7) is 5.29. The molecule has 0 spiro atoms. The van der Waals surface area contributed by atoms with Gasteiger partial charge in [0, 0.05) is 26.1 Å². The summed E-state index contributed by atoms with van der Waals surface area (Å²) in [6, 6.07) is 14.0. The lowest BCUT2D eigenvalue weighted by Crippen LogP contribution is -2.43. The molecule has 2 aromatic carbocycles. The van der Waals surface area contributed by atoms with Gasteiger partial charge in [0.25, 0.3) is 0 Å². The highest BCUT2D eigenvalue weighted by molar-refractivity contribution is 6.43. The van der Waals surface area contributed by atoms with Crippen molar-refractivity contribution >= 4 is 46.8 Å². The first-order valence-electron chi connectivity index (χ1n) is 11.8. The summed E-state index contributed by atoms with van der Waals surface area (Å²) in [4.78, 5) is 41.6. The molecular formula is C26H31Cl2N3O4. The van der Waals surface area contributed by atoms with Crippen molar-refractivity contribution in [3.05, 3.63) is 64.1 Å². The fraction of sp³-hybridized carbons (Fsp3) is 0.423. The number of piperidine rings is 1. The quantitative estimate of drug-likeness (QED) is 0.448. The van der Waals surface area contributed by atoms with Gasteiger partial charge in [-0.1, -0.05) is 59.6 Å². The number of urea groups is 1. The Morgan fingerprint density at radius 3 is 2.43 bits per heavy atom.